The number of amides is 2. The molecule has 4 unspecified atom stereocenters. The molecule has 0 aliphatic heterocycles. The third-order valence-electron chi connectivity index (χ3n) is 21.1. The van der Waals surface area contributed by atoms with E-state index in [-0.39, 0.29) is 99.2 Å². The number of nitrogens with one attached hydrogen (secondary N) is 10. The van der Waals surface area contributed by atoms with Gasteiger partial charge >= 0.3 is 35.8 Å². The first-order valence-corrected chi connectivity index (χ1v) is 48.7. The Hall–Kier alpha value is -10.0. The average Bonchev–Trinajstić information content (AvgIpc) is 1.26. The first-order chi connectivity index (χ1) is 66.7. The third-order valence-corrected chi connectivity index (χ3v) is 22.1. The van der Waals surface area contributed by atoms with E-state index in [4.69, 9.17) is 77.7 Å². The van der Waals surface area contributed by atoms with Gasteiger partial charge in [-0.05, 0) is 251 Å². The zero-order valence-corrected chi connectivity index (χ0v) is 86.7. The molecule has 0 saturated carbocycles. The predicted octanol–water partition coefficient (Wildman–Crippen LogP) is 19.9. The summed E-state index contributed by atoms with van der Waals surface area (Å²) < 4.78 is 0. The second-order valence-corrected chi connectivity index (χ2v) is 33.3. The molecule has 32 heteroatoms. The molecule has 10 rings (SSSR count). The minimum Gasteiger partial charge on any atom is -0.481 e. The van der Waals surface area contributed by atoms with Crippen LogP contribution in [-0.2, 0) is 103 Å². The molecule has 0 bridgehead atoms. The molecule has 0 spiro atoms. The second kappa shape index (κ2) is 92.4. The number of carboxylic acids is 6. The highest BCUT2D eigenvalue weighted by molar-refractivity contribution is 6.14. The summed E-state index contributed by atoms with van der Waals surface area (Å²) in [7, 11) is 0. The minimum atomic E-state index is -0.832. The van der Waals surface area contributed by atoms with Crippen molar-refractivity contribution < 1.29 is 69.0 Å². The van der Waals surface area contributed by atoms with Gasteiger partial charge in [0.2, 0.25) is 11.8 Å². The molecule has 0 saturated heterocycles. The summed E-state index contributed by atoms with van der Waals surface area (Å²) in [4.78, 5) is 96.3. The Labute approximate surface area is 880 Å². The Morgan fingerprint density at radius 1 is 0.227 bits per heavy atom. The lowest BCUT2D eigenvalue weighted by molar-refractivity contribution is -0.142. The van der Waals surface area contributed by atoms with E-state index in [0.717, 1.165) is 161 Å². The van der Waals surface area contributed by atoms with Crippen LogP contribution < -0.4 is 51.2 Å². The van der Waals surface area contributed by atoms with Crippen molar-refractivity contribution in [3.63, 3.8) is 0 Å². The van der Waals surface area contributed by atoms with Crippen LogP contribution in [0.3, 0.4) is 0 Å². The van der Waals surface area contributed by atoms with Gasteiger partial charge in [0.1, 0.15) is 0 Å². The summed E-state index contributed by atoms with van der Waals surface area (Å²) in [6.07, 6.45) is 18.7. The van der Waals surface area contributed by atoms with Crippen LogP contribution in [-0.4, -0.2) is 169 Å². The molecule has 0 fully saturated rings. The summed E-state index contributed by atoms with van der Waals surface area (Å²) in [6, 6.07) is 102. The summed E-state index contributed by atoms with van der Waals surface area (Å²) in [5, 5.41) is 70.6. The van der Waals surface area contributed by atoms with Crippen molar-refractivity contribution in [1.82, 2.24) is 51.2 Å². The Bertz CT molecular complexity index is 4670. The maximum Gasteiger partial charge on any atom is 0.307 e. The zero-order valence-electron chi connectivity index (χ0n) is 80.4. The highest BCUT2D eigenvalue weighted by Gasteiger charge is 2.19. The molecule has 24 nitrogen and oxygen atoms in total. The van der Waals surface area contributed by atoms with Crippen LogP contribution in [0.2, 0.25) is 0 Å². The van der Waals surface area contributed by atoms with Gasteiger partial charge in [-0.15, -0.1) is 49.6 Å². The van der Waals surface area contributed by atoms with E-state index in [1.54, 1.807) is 0 Å². The van der Waals surface area contributed by atoms with E-state index in [1.165, 1.54) is 50.1 Å². The van der Waals surface area contributed by atoms with E-state index >= 15 is 0 Å². The third kappa shape index (κ3) is 78.2. The van der Waals surface area contributed by atoms with Gasteiger partial charge in [-0.2, -0.15) is 0 Å². The van der Waals surface area contributed by atoms with E-state index in [9.17, 15) is 38.4 Å². The SMILES string of the molecule is Cl.Cl.Cl.Cl.O=C(CCNCCCc1ccccc1)NCCCc1ccccc1.O=C(CCNCCc1ccccc1)NCCc1ccccc1.O=C(O)C(CCCc1ccccc1)CNCl.O=C(O)C(CCc1ccccc1)CNCl.O=C(O)CC(CCCc1ccccc1)NCl.O=C(O)CC(CCc1ccccc1)NCl.O=C(O)CCNCCCc1ccccc1.O=C(O)CCNCCc1ccccc1. The lowest BCUT2D eigenvalue weighted by Crippen LogP contribution is -2.29. The second-order valence-electron chi connectivity index (χ2n) is 32.3. The minimum absolute atomic E-state index is 0. The van der Waals surface area contributed by atoms with Crippen LogP contribution in [0.25, 0.3) is 0 Å². The van der Waals surface area contributed by atoms with Crippen molar-refractivity contribution in [3.05, 3.63) is 359 Å². The molecule has 10 aromatic carbocycles. The summed E-state index contributed by atoms with van der Waals surface area (Å²) in [6.45, 7) is 8.20. The fourth-order valence-corrected chi connectivity index (χ4v) is 14.2. The van der Waals surface area contributed by atoms with E-state index < -0.39 is 47.7 Å². The number of aliphatic carboxylic acids is 6. The van der Waals surface area contributed by atoms with E-state index in [0.29, 0.717) is 58.4 Å². The molecular weight excluding hydrogens is 1960 g/mol. The Morgan fingerprint density at radius 3 is 0.730 bits per heavy atom. The number of benzene rings is 10. The molecule has 141 heavy (non-hydrogen) atoms. The number of hydrogen-bond acceptors (Lipinski definition) is 16. The van der Waals surface area contributed by atoms with Crippen molar-refractivity contribution in [2.45, 2.75) is 173 Å². The summed E-state index contributed by atoms with van der Waals surface area (Å²) >= 11 is 21.6. The maximum absolute atomic E-state index is 11.8. The van der Waals surface area contributed by atoms with Gasteiger partial charge in [0.25, 0.3) is 0 Å². The molecule has 0 aliphatic rings. The Balaban J connectivity index is 0. The standard InChI is InChI=1S/C21H28N2O.C19H24N2O.2C12H16ClNO2.C12H17NO2.2C11H14ClNO2.C11H15NO2.4ClH/c24-21(23-17-8-14-20-11-5-2-6-12-20)15-18-22-16-7-13-19-9-3-1-4-10-19;22-19(21-16-12-18-9-5-2-6-10-18)13-15-20-14-11-17-7-3-1-4-8-17;13-14-9-11(12(15)16)8-4-7-10-5-2-1-3-6-10;13-14-11(9-12(15)16)8-4-7-10-5-2-1-3-6-10;14-12(15)8-10-13-9-4-7-11-5-2-1-3-6-11;12-13-8-10(11(14)15)7-6-9-4-2-1-3-5-9;12-13-10(8-11(14)15)7-6-9-4-2-1-3-5-9;13-11(14)7-9-12-8-6-10-4-2-1-3-5-10;;;;/h1-6,9-12,22H,7-8,13-18H2,(H,23,24);1-10,20H,11-16H2,(H,21,22);2*1-3,5-6,11,14H,4,7-9H2,(H,15,16);1-3,5-6,13H,4,7-10H2,(H,14,15);2*1-5,10,13H,6-8H2,(H,14,15);1-5,12H,6-9H2,(H,13,14);4*1H. The van der Waals surface area contributed by atoms with E-state index in [1.807, 2.05) is 170 Å². The molecule has 4 atom stereocenters. The van der Waals surface area contributed by atoms with Crippen LogP contribution in [0.4, 0.5) is 0 Å². The predicted molar refractivity (Wildman–Crippen MR) is 583 cm³/mol. The van der Waals surface area contributed by atoms with Gasteiger partial charge in [-0.25, -0.2) is 19.3 Å². The van der Waals surface area contributed by atoms with Gasteiger partial charge < -0.3 is 62.5 Å². The van der Waals surface area contributed by atoms with Crippen molar-refractivity contribution in [1.29, 1.82) is 0 Å². The van der Waals surface area contributed by atoms with Crippen molar-refractivity contribution >= 4 is 144 Å². The van der Waals surface area contributed by atoms with Gasteiger partial charge in [-0.1, -0.05) is 303 Å². The van der Waals surface area contributed by atoms with E-state index in [2.05, 4.69) is 185 Å². The molecule has 0 aliphatic carbocycles. The smallest absolute Gasteiger partial charge is 0.307 e. The summed E-state index contributed by atoms with van der Waals surface area (Å²) in [5.41, 5.74) is 12.7. The number of aryl methyl sites for hydroxylation is 7. The topological polar surface area (TPSA) is 378 Å². The molecule has 0 heterocycles. The van der Waals surface area contributed by atoms with Crippen LogP contribution in [0.15, 0.2) is 303 Å². The molecular formula is C109H148Cl8N10O14. The van der Waals surface area contributed by atoms with Crippen molar-refractivity contribution in [3.8, 4) is 0 Å². The summed E-state index contributed by atoms with van der Waals surface area (Å²) in [5.74, 6) is -5.33. The highest BCUT2D eigenvalue weighted by Crippen LogP contribution is 2.16. The molecule has 0 radical (unpaired) electrons. The van der Waals surface area contributed by atoms with Gasteiger partial charge in [0.05, 0.1) is 37.5 Å². The quantitative estimate of drug-likeness (QED) is 0.0124. The maximum atomic E-state index is 11.8. The number of hydrogen-bond donors (Lipinski definition) is 16. The first kappa shape index (κ1) is 133. The number of carbonyl (C=O) groups excluding carboxylic acids is 2. The van der Waals surface area contributed by atoms with Crippen LogP contribution >= 0.6 is 96.7 Å². The lowest BCUT2D eigenvalue weighted by atomic mass is 10.00. The average molecular weight is 2110 g/mol. The number of halogens is 8. The monoisotopic (exact) mass is 2100 g/mol. The van der Waals surface area contributed by atoms with Crippen molar-refractivity contribution in [2.24, 2.45) is 11.8 Å². The number of rotatable bonds is 59. The molecule has 10 aromatic rings. The lowest BCUT2D eigenvalue weighted by Gasteiger charge is -2.11. The fourth-order valence-electron chi connectivity index (χ4n) is 13.5. The van der Waals surface area contributed by atoms with Crippen LogP contribution in [0.1, 0.15) is 152 Å². The first-order valence-electron chi connectivity index (χ1n) is 47.2. The Kier molecular flexibility index (Phi) is 87.1. The molecule has 774 valence electrons. The fraction of sp³-hybridized carbons (Fsp3) is 0.376. The number of carbonyl (C=O) groups is 8. The number of carboxylic acid groups (broad SMARTS) is 6. The van der Waals surface area contributed by atoms with Gasteiger partial charge in [0.15, 0.2) is 0 Å². The Morgan fingerprint density at radius 2 is 0.454 bits per heavy atom. The molecule has 2 amide bonds. The normalized spacial score (nSPS) is 10.9. The largest absolute Gasteiger partial charge is 0.481 e. The van der Waals surface area contributed by atoms with Gasteiger partial charge in [-0.3, -0.25) is 38.4 Å². The van der Waals surface area contributed by atoms with Crippen molar-refractivity contribution in [2.75, 3.05) is 78.5 Å². The highest BCUT2D eigenvalue weighted by atomic mass is 35.5. The van der Waals surface area contributed by atoms with Gasteiger partial charge in [0, 0.05) is 77.3 Å². The zero-order chi connectivity index (χ0) is 99.3. The van der Waals surface area contributed by atoms with Crippen LogP contribution in [0.5, 0.6) is 0 Å². The molecule has 16 N–H and O–H groups in total. The van der Waals surface area contributed by atoms with Crippen LogP contribution in [0, 0.1) is 11.8 Å². The molecule has 0 aromatic heterocycles.